The maximum atomic E-state index is 11.1. The number of ether oxygens (including phenoxy) is 2. The van der Waals surface area contributed by atoms with Crippen LogP contribution in [0.25, 0.3) is 0 Å². The minimum atomic E-state index is -1.01. The molecule has 0 atom stereocenters. The fraction of sp³-hybridized carbons (Fsp3) is 0.600. The Hall–Kier alpha value is -1.62. The molecule has 0 heterocycles. The van der Waals surface area contributed by atoms with Gasteiger partial charge in [0.1, 0.15) is 0 Å². The van der Waals surface area contributed by atoms with Crippen molar-refractivity contribution in [2.24, 2.45) is 5.92 Å². The summed E-state index contributed by atoms with van der Waals surface area (Å²) in [5, 5.41) is 20.9. The zero-order chi connectivity index (χ0) is 17.9. The van der Waals surface area contributed by atoms with E-state index in [9.17, 15) is 15.2 Å². The molecule has 2 aliphatic rings. The number of aliphatic carboxylic acids is 1. The van der Waals surface area contributed by atoms with Crippen LogP contribution in [0.4, 0.5) is 0 Å². The molecule has 0 aromatic heterocycles. The van der Waals surface area contributed by atoms with Crippen molar-refractivity contribution in [3.63, 3.8) is 0 Å². The number of carbonyl (C=O) groups excluding carboxylic acids is 1. The number of nitriles is 1. The number of carbonyl (C=O) groups is 1. The summed E-state index contributed by atoms with van der Waals surface area (Å²) in [6, 6.07) is 8.11. The fourth-order valence-corrected chi connectivity index (χ4v) is 4.06. The number of rotatable bonds is 5. The Morgan fingerprint density at radius 2 is 1.85 bits per heavy atom. The number of carboxylic acid groups (broad SMARTS) is 1. The summed E-state index contributed by atoms with van der Waals surface area (Å²) in [6.07, 6.45) is 6.65. The van der Waals surface area contributed by atoms with Crippen molar-refractivity contribution in [3.05, 3.63) is 23.8 Å². The van der Waals surface area contributed by atoms with E-state index < -0.39 is 17.3 Å². The zero-order valence-electron chi connectivity index (χ0n) is 15.6. The van der Waals surface area contributed by atoms with Gasteiger partial charge < -0.3 is 19.4 Å². The molecule has 0 amide bonds. The van der Waals surface area contributed by atoms with Crippen molar-refractivity contribution in [1.29, 1.82) is 5.26 Å². The maximum absolute atomic E-state index is 11.1. The first-order valence-electron chi connectivity index (χ1n) is 9.05. The third-order valence-electron chi connectivity index (χ3n) is 5.70. The summed E-state index contributed by atoms with van der Waals surface area (Å²) in [4.78, 5) is 11.1. The Labute approximate surface area is 166 Å². The van der Waals surface area contributed by atoms with E-state index in [4.69, 9.17) is 9.47 Å². The number of nitrogens with zero attached hydrogens (tertiary/aromatic N) is 1. The number of hydrogen-bond donors (Lipinski definition) is 0. The second kappa shape index (κ2) is 8.85. The van der Waals surface area contributed by atoms with Crippen LogP contribution in [-0.4, -0.2) is 19.2 Å². The molecule has 2 saturated carbocycles. The number of hydrogen-bond acceptors (Lipinski definition) is 5. The van der Waals surface area contributed by atoms with Gasteiger partial charge in [0, 0.05) is 5.97 Å². The summed E-state index contributed by atoms with van der Waals surface area (Å²) in [7, 11) is 1.61. The summed E-state index contributed by atoms with van der Waals surface area (Å²) < 4.78 is 11.6. The molecule has 0 N–H and O–H groups in total. The molecule has 0 radical (unpaired) electrons. The van der Waals surface area contributed by atoms with Crippen LogP contribution in [0.15, 0.2) is 18.2 Å². The van der Waals surface area contributed by atoms with E-state index >= 15 is 0 Å². The Kier molecular flexibility index (Phi) is 7.04. The molecular formula is C20H24LiNO4. The van der Waals surface area contributed by atoms with Crippen molar-refractivity contribution in [3.8, 4) is 17.6 Å². The van der Waals surface area contributed by atoms with Gasteiger partial charge in [0.2, 0.25) is 0 Å². The molecule has 0 unspecified atom stereocenters. The van der Waals surface area contributed by atoms with Crippen LogP contribution in [0.2, 0.25) is 0 Å². The van der Waals surface area contributed by atoms with Crippen molar-refractivity contribution >= 4 is 5.97 Å². The Morgan fingerprint density at radius 3 is 2.38 bits per heavy atom. The zero-order valence-corrected chi connectivity index (χ0v) is 15.6. The second-order valence-corrected chi connectivity index (χ2v) is 7.18. The molecule has 6 heteroatoms. The van der Waals surface area contributed by atoms with E-state index in [2.05, 4.69) is 6.07 Å². The third-order valence-corrected chi connectivity index (χ3v) is 5.70. The van der Waals surface area contributed by atoms with Gasteiger partial charge in [0.05, 0.1) is 24.7 Å². The first kappa shape index (κ1) is 20.7. The van der Waals surface area contributed by atoms with E-state index in [0.717, 1.165) is 18.4 Å². The van der Waals surface area contributed by atoms with Gasteiger partial charge in [-0.15, -0.1) is 0 Å². The van der Waals surface area contributed by atoms with Crippen LogP contribution in [-0.2, 0) is 10.2 Å². The average Bonchev–Trinajstić information content (AvgIpc) is 3.14. The molecule has 0 saturated heterocycles. The third kappa shape index (κ3) is 4.19. The van der Waals surface area contributed by atoms with Crippen LogP contribution >= 0.6 is 0 Å². The van der Waals surface area contributed by atoms with Gasteiger partial charge >= 0.3 is 18.9 Å². The van der Waals surface area contributed by atoms with Crippen molar-refractivity contribution in [1.82, 2.24) is 0 Å². The molecule has 1 aromatic carbocycles. The molecule has 134 valence electrons. The molecule has 0 spiro atoms. The van der Waals surface area contributed by atoms with Crippen molar-refractivity contribution in [2.45, 2.75) is 62.9 Å². The molecule has 3 rings (SSSR count). The minimum absolute atomic E-state index is 0. The van der Waals surface area contributed by atoms with Gasteiger partial charge in [-0.05, 0) is 75.0 Å². The monoisotopic (exact) mass is 349 g/mol. The largest absolute Gasteiger partial charge is 1.00 e. The normalized spacial score (nSPS) is 25.8. The summed E-state index contributed by atoms with van der Waals surface area (Å²) in [5.41, 5.74) is 0.229. The molecule has 0 bridgehead atoms. The summed E-state index contributed by atoms with van der Waals surface area (Å²) >= 11 is 0. The minimum Gasteiger partial charge on any atom is -0.550 e. The van der Waals surface area contributed by atoms with Crippen LogP contribution in [0.1, 0.15) is 56.9 Å². The van der Waals surface area contributed by atoms with E-state index in [1.54, 1.807) is 7.11 Å². The molecule has 2 aliphatic carbocycles. The van der Waals surface area contributed by atoms with Crippen LogP contribution in [0.3, 0.4) is 0 Å². The molecule has 26 heavy (non-hydrogen) atoms. The van der Waals surface area contributed by atoms with Crippen LogP contribution < -0.4 is 33.4 Å². The Morgan fingerprint density at radius 1 is 1.19 bits per heavy atom. The maximum Gasteiger partial charge on any atom is 1.00 e. The van der Waals surface area contributed by atoms with Crippen LogP contribution in [0.5, 0.6) is 11.5 Å². The predicted molar refractivity (Wildman–Crippen MR) is 90.1 cm³/mol. The van der Waals surface area contributed by atoms with Crippen molar-refractivity contribution in [2.75, 3.05) is 7.11 Å². The SMILES string of the molecule is COc1ccc([C@]2(C#N)CC[C@H](C(=O)[O-])CC2)cc1OC1CCCC1.[Li+]. The van der Waals surface area contributed by atoms with Gasteiger partial charge in [-0.1, -0.05) is 6.07 Å². The predicted octanol–water partition coefficient (Wildman–Crippen LogP) is -0.278. The Balaban J connectivity index is 0.00000243. The molecule has 5 nitrogen and oxygen atoms in total. The van der Waals surface area contributed by atoms with E-state index in [1.165, 1.54) is 12.8 Å². The number of methoxy groups -OCH3 is 1. The molecule has 2 fully saturated rings. The standard InChI is InChI=1S/C20H25NO4.Li/c1-24-17-7-6-15(12-18(17)25-16-4-2-3-5-16)20(13-21)10-8-14(9-11-20)19(22)23;/h6-7,12,14,16H,2-5,8-11H2,1H3,(H,22,23);/q;+1/p-1/t14-,20+;. The molecular weight excluding hydrogens is 325 g/mol. The first-order valence-corrected chi connectivity index (χ1v) is 9.05. The Bertz CT molecular complexity index is 671. The van der Waals surface area contributed by atoms with E-state index in [0.29, 0.717) is 37.2 Å². The van der Waals surface area contributed by atoms with Gasteiger partial charge in [-0.3, -0.25) is 0 Å². The first-order chi connectivity index (χ1) is 12.1. The van der Waals surface area contributed by atoms with Gasteiger partial charge in [-0.2, -0.15) is 5.26 Å². The fourth-order valence-electron chi connectivity index (χ4n) is 4.06. The van der Waals surface area contributed by atoms with Crippen molar-refractivity contribution < 1.29 is 38.2 Å². The van der Waals surface area contributed by atoms with Crippen LogP contribution in [0, 0.1) is 17.2 Å². The van der Waals surface area contributed by atoms with Gasteiger partial charge in [-0.25, -0.2) is 0 Å². The second-order valence-electron chi connectivity index (χ2n) is 7.18. The number of benzene rings is 1. The van der Waals surface area contributed by atoms with E-state index in [-0.39, 0.29) is 25.0 Å². The average molecular weight is 349 g/mol. The van der Waals surface area contributed by atoms with Gasteiger partial charge in [0.15, 0.2) is 11.5 Å². The topological polar surface area (TPSA) is 82.4 Å². The molecule has 1 aromatic rings. The van der Waals surface area contributed by atoms with Gasteiger partial charge in [0.25, 0.3) is 0 Å². The summed E-state index contributed by atoms with van der Waals surface area (Å²) in [6.45, 7) is 0. The number of carboxylic acids is 1. The quantitative estimate of drug-likeness (QED) is 0.683. The molecule has 0 aliphatic heterocycles. The van der Waals surface area contributed by atoms with E-state index in [1.807, 2.05) is 18.2 Å². The summed E-state index contributed by atoms with van der Waals surface area (Å²) in [5.74, 6) is -0.101. The smallest absolute Gasteiger partial charge is 0.550 e.